The van der Waals surface area contributed by atoms with Gasteiger partial charge in [-0.15, -0.1) is 0 Å². The van der Waals surface area contributed by atoms with Crippen molar-refractivity contribution in [2.75, 3.05) is 14.2 Å². The molecule has 1 aromatic carbocycles. The lowest BCUT2D eigenvalue weighted by atomic mass is 9.93. The SMILES string of the molecule is CCCCC(C(=O)[O-])c1ccc(OC)c(OC)c1. The monoisotopic (exact) mass is 251 g/mol. The van der Waals surface area contributed by atoms with Crippen molar-refractivity contribution in [3.63, 3.8) is 0 Å². The minimum atomic E-state index is -1.05. The van der Waals surface area contributed by atoms with Crippen molar-refractivity contribution >= 4 is 5.97 Å². The van der Waals surface area contributed by atoms with Gasteiger partial charge in [-0.1, -0.05) is 25.8 Å². The lowest BCUT2D eigenvalue weighted by Crippen LogP contribution is -2.29. The quantitative estimate of drug-likeness (QED) is 0.740. The van der Waals surface area contributed by atoms with Gasteiger partial charge in [0.15, 0.2) is 11.5 Å². The highest BCUT2D eigenvalue weighted by Crippen LogP contribution is 2.32. The molecular weight excluding hydrogens is 232 g/mol. The van der Waals surface area contributed by atoms with Gasteiger partial charge in [-0.3, -0.25) is 0 Å². The Kier molecular flexibility index (Phi) is 5.49. The van der Waals surface area contributed by atoms with E-state index in [4.69, 9.17) is 9.47 Å². The van der Waals surface area contributed by atoms with Gasteiger partial charge >= 0.3 is 0 Å². The van der Waals surface area contributed by atoms with Gasteiger partial charge < -0.3 is 19.4 Å². The molecule has 0 fully saturated rings. The van der Waals surface area contributed by atoms with Crippen LogP contribution in [0.3, 0.4) is 0 Å². The molecule has 4 heteroatoms. The zero-order chi connectivity index (χ0) is 13.5. The van der Waals surface area contributed by atoms with E-state index >= 15 is 0 Å². The lowest BCUT2D eigenvalue weighted by molar-refractivity contribution is -0.308. The molecule has 4 nitrogen and oxygen atoms in total. The van der Waals surface area contributed by atoms with Gasteiger partial charge in [-0.25, -0.2) is 0 Å². The van der Waals surface area contributed by atoms with Gasteiger partial charge in [0.2, 0.25) is 0 Å². The molecule has 0 saturated carbocycles. The molecule has 0 bridgehead atoms. The molecule has 1 atom stereocenters. The van der Waals surface area contributed by atoms with Crippen molar-refractivity contribution in [1.29, 1.82) is 0 Å². The van der Waals surface area contributed by atoms with Crippen LogP contribution in [0.5, 0.6) is 11.5 Å². The Morgan fingerprint density at radius 3 is 2.44 bits per heavy atom. The topological polar surface area (TPSA) is 58.6 Å². The molecular formula is C14H19O4-. The van der Waals surface area contributed by atoms with Crippen molar-refractivity contribution < 1.29 is 19.4 Å². The summed E-state index contributed by atoms with van der Waals surface area (Å²) < 4.78 is 10.3. The Labute approximate surface area is 108 Å². The number of carboxylic acid groups (broad SMARTS) is 1. The molecule has 0 amide bonds. The molecule has 1 aromatic rings. The third-order valence-corrected chi connectivity index (χ3v) is 2.94. The van der Waals surface area contributed by atoms with E-state index in [1.165, 1.54) is 7.11 Å². The van der Waals surface area contributed by atoms with Crippen LogP contribution < -0.4 is 14.6 Å². The van der Waals surface area contributed by atoms with Gasteiger partial charge in [0.05, 0.1) is 14.2 Å². The van der Waals surface area contributed by atoms with Crippen LogP contribution in [-0.4, -0.2) is 20.2 Å². The average Bonchev–Trinajstić information content (AvgIpc) is 2.38. The number of benzene rings is 1. The van der Waals surface area contributed by atoms with Crippen molar-refractivity contribution in [3.05, 3.63) is 23.8 Å². The third kappa shape index (κ3) is 3.39. The molecule has 0 spiro atoms. The third-order valence-electron chi connectivity index (χ3n) is 2.94. The first-order chi connectivity index (χ1) is 8.63. The van der Waals surface area contributed by atoms with Crippen LogP contribution in [0.2, 0.25) is 0 Å². The molecule has 0 aliphatic heterocycles. The smallest absolute Gasteiger partial charge is 0.161 e. The summed E-state index contributed by atoms with van der Waals surface area (Å²) in [5, 5.41) is 11.2. The molecule has 1 rings (SSSR count). The molecule has 0 N–H and O–H groups in total. The maximum atomic E-state index is 11.2. The minimum Gasteiger partial charge on any atom is -0.549 e. The molecule has 100 valence electrons. The summed E-state index contributed by atoms with van der Waals surface area (Å²) in [5.74, 6) is -0.507. The van der Waals surface area contributed by atoms with Crippen LogP contribution in [0.1, 0.15) is 37.7 Å². The summed E-state index contributed by atoms with van der Waals surface area (Å²) in [5.41, 5.74) is 0.695. The van der Waals surface area contributed by atoms with Gasteiger partial charge in [0, 0.05) is 11.9 Å². The molecule has 18 heavy (non-hydrogen) atoms. The summed E-state index contributed by atoms with van der Waals surface area (Å²) in [6, 6.07) is 5.17. The summed E-state index contributed by atoms with van der Waals surface area (Å²) in [6.07, 6.45) is 2.39. The second-order valence-corrected chi connectivity index (χ2v) is 4.13. The molecule has 0 aliphatic carbocycles. The fourth-order valence-electron chi connectivity index (χ4n) is 1.90. The first kappa shape index (κ1) is 14.4. The van der Waals surface area contributed by atoms with Crippen LogP contribution in [0.4, 0.5) is 0 Å². The second kappa shape index (κ2) is 6.89. The van der Waals surface area contributed by atoms with E-state index < -0.39 is 11.9 Å². The number of hydrogen-bond donors (Lipinski definition) is 0. The summed E-state index contributed by atoms with van der Waals surface area (Å²) in [6.45, 7) is 2.03. The van der Waals surface area contributed by atoms with Crippen LogP contribution in [-0.2, 0) is 4.79 Å². The van der Waals surface area contributed by atoms with Crippen LogP contribution >= 0.6 is 0 Å². The number of unbranched alkanes of at least 4 members (excludes halogenated alkanes) is 1. The Balaban J connectivity index is 3.01. The zero-order valence-corrected chi connectivity index (χ0v) is 11.1. The molecule has 0 aromatic heterocycles. The Hall–Kier alpha value is -1.71. The van der Waals surface area contributed by atoms with E-state index in [1.807, 2.05) is 6.92 Å². The van der Waals surface area contributed by atoms with Gasteiger partial charge in [0.1, 0.15) is 0 Å². The van der Waals surface area contributed by atoms with Crippen molar-refractivity contribution in [2.45, 2.75) is 32.1 Å². The van der Waals surface area contributed by atoms with E-state index in [0.29, 0.717) is 23.5 Å². The molecule has 0 heterocycles. The number of hydrogen-bond acceptors (Lipinski definition) is 4. The van der Waals surface area contributed by atoms with E-state index in [-0.39, 0.29) is 0 Å². The number of ether oxygens (including phenoxy) is 2. The first-order valence-corrected chi connectivity index (χ1v) is 6.06. The van der Waals surface area contributed by atoms with E-state index in [2.05, 4.69) is 0 Å². The molecule has 0 radical (unpaired) electrons. The Morgan fingerprint density at radius 2 is 1.94 bits per heavy atom. The Bertz CT molecular complexity index is 401. The zero-order valence-electron chi connectivity index (χ0n) is 11.1. The number of aliphatic carboxylic acids is 1. The number of rotatable bonds is 7. The van der Waals surface area contributed by atoms with Gasteiger partial charge in [-0.2, -0.15) is 0 Å². The van der Waals surface area contributed by atoms with E-state index in [1.54, 1.807) is 25.3 Å². The minimum absolute atomic E-state index is 0.540. The van der Waals surface area contributed by atoms with Gasteiger partial charge in [-0.05, 0) is 24.1 Å². The standard InChI is InChI=1S/C14H20O4/c1-4-5-6-11(14(15)16)10-7-8-12(17-2)13(9-10)18-3/h7-9,11H,4-6H2,1-3H3,(H,15,16)/p-1. The van der Waals surface area contributed by atoms with Crippen molar-refractivity contribution in [1.82, 2.24) is 0 Å². The maximum absolute atomic E-state index is 11.2. The molecule has 0 saturated heterocycles. The normalized spacial score (nSPS) is 11.9. The number of methoxy groups -OCH3 is 2. The largest absolute Gasteiger partial charge is 0.549 e. The van der Waals surface area contributed by atoms with Crippen molar-refractivity contribution in [2.24, 2.45) is 0 Å². The summed E-state index contributed by atoms with van der Waals surface area (Å²) in [4.78, 5) is 11.2. The first-order valence-electron chi connectivity index (χ1n) is 6.06. The van der Waals surface area contributed by atoms with Crippen LogP contribution in [0.25, 0.3) is 0 Å². The number of carboxylic acids is 1. The average molecular weight is 251 g/mol. The highest BCUT2D eigenvalue weighted by molar-refractivity contribution is 5.74. The Morgan fingerprint density at radius 1 is 1.28 bits per heavy atom. The molecule has 1 unspecified atom stereocenters. The maximum Gasteiger partial charge on any atom is 0.161 e. The van der Waals surface area contributed by atoms with E-state index in [9.17, 15) is 9.90 Å². The highest BCUT2D eigenvalue weighted by atomic mass is 16.5. The van der Waals surface area contributed by atoms with E-state index in [0.717, 1.165) is 12.8 Å². The molecule has 0 aliphatic rings. The predicted octanol–water partition coefficient (Wildman–Crippen LogP) is 1.73. The van der Waals surface area contributed by atoms with Crippen molar-refractivity contribution in [3.8, 4) is 11.5 Å². The highest BCUT2D eigenvalue weighted by Gasteiger charge is 2.15. The van der Waals surface area contributed by atoms with Gasteiger partial charge in [0.25, 0.3) is 0 Å². The fourth-order valence-corrected chi connectivity index (χ4v) is 1.90. The lowest BCUT2D eigenvalue weighted by Gasteiger charge is -2.19. The number of carbonyl (C=O) groups is 1. The summed E-state index contributed by atoms with van der Waals surface area (Å²) in [7, 11) is 3.08. The van der Waals surface area contributed by atoms with Crippen LogP contribution in [0, 0.1) is 0 Å². The number of carbonyl (C=O) groups excluding carboxylic acids is 1. The predicted molar refractivity (Wildman–Crippen MR) is 66.8 cm³/mol. The second-order valence-electron chi connectivity index (χ2n) is 4.13. The fraction of sp³-hybridized carbons (Fsp3) is 0.500. The van der Waals surface area contributed by atoms with Crippen LogP contribution in [0.15, 0.2) is 18.2 Å². The summed E-state index contributed by atoms with van der Waals surface area (Å²) >= 11 is 0.